The Morgan fingerprint density at radius 3 is 2.61 bits per heavy atom. The van der Waals surface area contributed by atoms with E-state index in [1.165, 1.54) is 17.2 Å². The first-order chi connectivity index (χ1) is 15.1. The van der Waals surface area contributed by atoms with Crippen molar-refractivity contribution in [1.29, 1.82) is 0 Å². The zero-order valence-corrected chi connectivity index (χ0v) is 17.2. The summed E-state index contributed by atoms with van der Waals surface area (Å²) in [6, 6.07) is 5.75. The lowest BCUT2D eigenvalue weighted by atomic mass is 10.1. The highest BCUT2D eigenvalue weighted by atomic mass is 16.6. The summed E-state index contributed by atoms with van der Waals surface area (Å²) >= 11 is 0. The number of aromatic nitrogens is 4. The molecule has 1 aliphatic heterocycles. The van der Waals surface area contributed by atoms with Crippen LogP contribution in [0.5, 0.6) is 11.5 Å². The van der Waals surface area contributed by atoms with Crippen LogP contribution >= 0.6 is 0 Å². The van der Waals surface area contributed by atoms with Crippen molar-refractivity contribution in [2.24, 2.45) is 0 Å². The normalized spacial score (nSPS) is 23.3. The average Bonchev–Trinajstić information content (AvgIpc) is 3.35. The molecule has 0 radical (unpaired) electrons. The van der Waals surface area contributed by atoms with Gasteiger partial charge in [0.1, 0.15) is 24.6 Å². The molecule has 2 aromatic heterocycles. The zero-order valence-electron chi connectivity index (χ0n) is 17.2. The van der Waals surface area contributed by atoms with Gasteiger partial charge in [0.05, 0.1) is 27.2 Å². The van der Waals surface area contributed by atoms with E-state index >= 15 is 0 Å². The van der Waals surface area contributed by atoms with Gasteiger partial charge in [0, 0.05) is 6.54 Å². The number of imidazole rings is 1. The van der Waals surface area contributed by atoms with E-state index in [1.807, 2.05) is 18.2 Å². The molecule has 0 aliphatic carbocycles. The number of nitrogens with zero attached hydrogens (tertiary/aromatic N) is 4. The zero-order chi connectivity index (χ0) is 22.0. The van der Waals surface area contributed by atoms with E-state index in [1.54, 1.807) is 14.2 Å². The Labute approximate surface area is 178 Å². The van der Waals surface area contributed by atoms with Gasteiger partial charge in [-0.05, 0) is 24.1 Å². The molecule has 1 aromatic carbocycles. The summed E-state index contributed by atoms with van der Waals surface area (Å²) in [5.74, 6) is 1.88. The molecule has 4 N–H and O–H groups in total. The van der Waals surface area contributed by atoms with E-state index in [9.17, 15) is 15.3 Å². The van der Waals surface area contributed by atoms with Crippen molar-refractivity contribution in [3.05, 3.63) is 36.4 Å². The Morgan fingerprint density at radius 2 is 1.90 bits per heavy atom. The van der Waals surface area contributed by atoms with Crippen LogP contribution < -0.4 is 14.8 Å². The van der Waals surface area contributed by atoms with Crippen molar-refractivity contribution < 1.29 is 29.5 Å². The summed E-state index contributed by atoms with van der Waals surface area (Å²) in [6.45, 7) is 0.182. The van der Waals surface area contributed by atoms with Crippen LogP contribution in [0.2, 0.25) is 0 Å². The first-order valence-electron chi connectivity index (χ1n) is 9.82. The van der Waals surface area contributed by atoms with Crippen LogP contribution in [0.15, 0.2) is 30.9 Å². The van der Waals surface area contributed by atoms with E-state index in [-0.39, 0.29) is 0 Å². The lowest BCUT2D eigenvalue weighted by Gasteiger charge is -2.16. The fourth-order valence-electron chi connectivity index (χ4n) is 3.64. The number of rotatable bonds is 8. The standard InChI is InChI=1S/C20H25N5O6/c1-29-12-4-3-11(7-13(12)30-2)5-6-21-18-15-19(23-9-22-18)25(10-24-15)20-17(28)16(27)14(8-26)31-20/h3-4,7,9-10,14,16-17,20,26-28H,5-6,8H2,1-2H3,(H,21,22,23)/t14-,16-,17-,20-/m1/s1. The van der Waals surface area contributed by atoms with Crippen molar-refractivity contribution in [3.8, 4) is 11.5 Å². The minimum Gasteiger partial charge on any atom is -0.493 e. The Bertz CT molecular complexity index is 1040. The highest BCUT2D eigenvalue weighted by Gasteiger charge is 2.44. The number of benzene rings is 1. The molecule has 11 nitrogen and oxygen atoms in total. The second-order valence-corrected chi connectivity index (χ2v) is 7.14. The second-order valence-electron chi connectivity index (χ2n) is 7.14. The van der Waals surface area contributed by atoms with Gasteiger partial charge in [-0.15, -0.1) is 0 Å². The fourth-order valence-corrected chi connectivity index (χ4v) is 3.64. The van der Waals surface area contributed by atoms with Crippen LogP contribution in [0.1, 0.15) is 11.8 Å². The first-order valence-corrected chi connectivity index (χ1v) is 9.82. The molecular formula is C20H25N5O6. The van der Waals surface area contributed by atoms with E-state index in [4.69, 9.17) is 14.2 Å². The summed E-state index contributed by atoms with van der Waals surface area (Å²) in [4.78, 5) is 12.9. The van der Waals surface area contributed by atoms with Gasteiger partial charge in [-0.3, -0.25) is 4.57 Å². The van der Waals surface area contributed by atoms with Crippen molar-refractivity contribution in [2.75, 3.05) is 32.7 Å². The summed E-state index contributed by atoms with van der Waals surface area (Å²) in [5.41, 5.74) is 2.01. The van der Waals surface area contributed by atoms with Crippen LogP contribution in [-0.2, 0) is 11.2 Å². The Morgan fingerprint density at radius 1 is 1.10 bits per heavy atom. The van der Waals surface area contributed by atoms with Crippen LogP contribution in [0.3, 0.4) is 0 Å². The SMILES string of the molecule is COc1ccc(CCNc2ncnc3c2ncn3[C@@H]2O[C@H](CO)[C@@H](O)[C@H]2O)cc1OC. The molecule has 4 rings (SSSR count). The van der Waals surface area contributed by atoms with Gasteiger partial charge in [0.25, 0.3) is 0 Å². The van der Waals surface area contributed by atoms with Crippen LogP contribution in [0.4, 0.5) is 5.82 Å². The predicted octanol–water partition coefficient (Wildman–Crippen LogP) is 0.110. The van der Waals surface area contributed by atoms with Crippen molar-refractivity contribution in [2.45, 2.75) is 31.0 Å². The first kappa shape index (κ1) is 21.2. The van der Waals surface area contributed by atoms with Crippen molar-refractivity contribution in [3.63, 3.8) is 0 Å². The maximum Gasteiger partial charge on any atom is 0.167 e. The number of hydrogen-bond acceptors (Lipinski definition) is 10. The molecule has 166 valence electrons. The summed E-state index contributed by atoms with van der Waals surface area (Å²) in [6.07, 6.45) is -0.634. The van der Waals surface area contributed by atoms with Crippen LogP contribution in [0.25, 0.3) is 11.2 Å². The smallest absolute Gasteiger partial charge is 0.167 e. The monoisotopic (exact) mass is 431 g/mol. The number of fused-ring (bicyclic) bond motifs is 1. The highest BCUT2D eigenvalue weighted by molar-refractivity contribution is 5.82. The topological polar surface area (TPSA) is 144 Å². The molecule has 0 spiro atoms. The summed E-state index contributed by atoms with van der Waals surface area (Å²) in [5, 5.41) is 32.9. The molecule has 3 heterocycles. The highest BCUT2D eigenvalue weighted by Crippen LogP contribution is 2.32. The largest absolute Gasteiger partial charge is 0.493 e. The van der Waals surface area contributed by atoms with E-state index in [2.05, 4.69) is 20.3 Å². The molecule has 1 aliphatic rings. The third kappa shape index (κ3) is 4.00. The molecule has 0 bridgehead atoms. The number of aliphatic hydroxyl groups excluding tert-OH is 3. The molecule has 0 saturated carbocycles. The molecular weight excluding hydrogens is 406 g/mol. The number of methoxy groups -OCH3 is 2. The Balaban J connectivity index is 1.49. The van der Waals surface area contributed by atoms with Crippen LogP contribution in [-0.4, -0.2) is 80.5 Å². The molecule has 31 heavy (non-hydrogen) atoms. The summed E-state index contributed by atoms with van der Waals surface area (Å²) in [7, 11) is 3.19. The second kappa shape index (κ2) is 9.02. The lowest BCUT2D eigenvalue weighted by molar-refractivity contribution is -0.0511. The van der Waals surface area contributed by atoms with Gasteiger partial charge in [-0.25, -0.2) is 15.0 Å². The molecule has 0 unspecified atom stereocenters. The number of nitrogens with one attached hydrogen (secondary N) is 1. The number of ether oxygens (including phenoxy) is 3. The van der Waals surface area contributed by atoms with Gasteiger partial charge in [0.15, 0.2) is 34.7 Å². The fraction of sp³-hybridized carbons (Fsp3) is 0.450. The van der Waals surface area contributed by atoms with Crippen molar-refractivity contribution in [1.82, 2.24) is 19.5 Å². The third-order valence-electron chi connectivity index (χ3n) is 5.30. The Kier molecular flexibility index (Phi) is 6.18. The minimum absolute atomic E-state index is 0.403. The molecule has 3 aromatic rings. The van der Waals surface area contributed by atoms with Gasteiger partial charge in [-0.1, -0.05) is 6.07 Å². The predicted molar refractivity (Wildman–Crippen MR) is 110 cm³/mol. The molecule has 11 heteroatoms. The summed E-state index contributed by atoms with van der Waals surface area (Å²) < 4.78 is 17.7. The molecule has 1 fully saturated rings. The van der Waals surface area contributed by atoms with E-state index in [0.29, 0.717) is 41.4 Å². The maximum absolute atomic E-state index is 10.3. The van der Waals surface area contributed by atoms with Crippen molar-refractivity contribution >= 4 is 17.0 Å². The maximum atomic E-state index is 10.3. The number of aliphatic hydroxyl groups is 3. The lowest BCUT2D eigenvalue weighted by Crippen LogP contribution is -2.33. The van der Waals surface area contributed by atoms with Gasteiger partial charge in [0.2, 0.25) is 0 Å². The quantitative estimate of drug-likeness (QED) is 0.388. The van der Waals surface area contributed by atoms with E-state index < -0.39 is 31.1 Å². The van der Waals surface area contributed by atoms with Gasteiger partial charge >= 0.3 is 0 Å². The van der Waals surface area contributed by atoms with Crippen LogP contribution in [0, 0.1) is 0 Å². The minimum atomic E-state index is -1.22. The van der Waals surface area contributed by atoms with Gasteiger partial charge < -0.3 is 34.8 Å². The van der Waals surface area contributed by atoms with Gasteiger partial charge in [-0.2, -0.15) is 0 Å². The average molecular weight is 431 g/mol. The Hall–Kier alpha value is -2.99. The molecule has 0 amide bonds. The number of anilines is 1. The number of hydrogen-bond donors (Lipinski definition) is 4. The third-order valence-corrected chi connectivity index (χ3v) is 5.30. The van der Waals surface area contributed by atoms with E-state index in [0.717, 1.165) is 5.56 Å². The molecule has 1 saturated heterocycles. The molecule has 4 atom stereocenters.